The maximum Gasteiger partial charge on any atom is 0.257 e. The van der Waals surface area contributed by atoms with Gasteiger partial charge in [-0.05, 0) is 25.5 Å². The Morgan fingerprint density at radius 3 is 2.69 bits per heavy atom. The lowest BCUT2D eigenvalue weighted by molar-refractivity contribution is 0.0932. The molecule has 0 aromatic heterocycles. The van der Waals surface area contributed by atoms with Crippen molar-refractivity contribution >= 4 is 5.91 Å². The van der Waals surface area contributed by atoms with Crippen LogP contribution in [0.15, 0.2) is 12.1 Å². The van der Waals surface area contributed by atoms with E-state index in [2.05, 4.69) is 5.32 Å². The molecule has 0 aliphatic heterocycles. The van der Waals surface area contributed by atoms with Crippen molar-refractivity contribution in [1.29, 1.82) is 0 Å². The first-order chi connectivity index (χ1) is 7.47. The highest BCUT2D eigenvalue weighted by Gasteiger charge is 2.19. The summed E-state index contributed by atoms with van der Waals surface area (Å²) in [5, 5.41) is 2.41. The zero-order chi connectivity index (χ0) is 12.3. The summed E-state index contributed by atoms with van der Waals surface area (Å²) in [6.45, 7) is 3.34. The van der Waals surface area contributed by atoms with E-state index >= 15 is 0 Å². The largest absolute Gasteiger partial charge is 0.348 e. The van der Waals surface area contributed by atoms with E-state index in [1.54, 1.807) is 6.92 Å². The molecular weight excluding hydrogens is 214 g/mol. The minimum Gasteiger partial charge on any atom is -0.348 e. The molecule has 0 bridgehead atoms. The SMILES string of the molecule is Cc1ccc(F)c(C(=O)NC(C)CN)c1F. The molecule has 16 heavy (non-hydrogen) atoms. The lowest BCUT2D eigenvalue weighted by atomic mass is 10.1. The first-order valence-corrected chi connectivity index (χ1v) is 4.93. The molecule has 0 heterocycles. The summed E-state index contributed by atoms with van der Waals surface area (Å²) < 4.78 is 26.8. The van der Waals surface area contributed by atoms with E-state index in [0.717, 1.165) is 6.07 Å². The van der Waals surface area contributed by atoms with Gasteiger partial charge in [-0.3, -0.25) is 4.79 Å². The van der Waals surface area contributed by atoms with Crippen LogP contribution in [0.5, 0.6) is 0 Å². The van der Waals surface area contributed by atoms with Crippen molar-refractivity contribution in [2.24, 2.45) is 5.73 Å². The number of halogens is 2. The average Bonchev–Trinajstić information content (AvgIpc) is 2.24. The summed E-state index contributed by atoms with van der Waals surface area (Å²) in [6.07, 6.45) is 0. The van der Waals surface area contributed by atoms with Gasteiger partial charge in [0.25, 0.3) is 5.91 Å². The van der Waals surface area contributed by atoms with Gasteiger partial charge in [-0.15, -0.1) is 0 Å². The minimum atomic E-state index is -0.871. The summed E-state index contributed by atoms with van der Waals surface area (Å²) in [5.41, 5.74) is 4.98. The van der Waals surface area contributed by atoms with E-state index in [4.69, 9.17) is 5.73 Å². The molecule has 5 heteroatoms. The van der Waals surface area contributed by atoms with Gasteiger partial charge in [-0.25, -0.2) is 8.78 Å². The van der Waals surface area contributed by atoms with Gasteiger partial charge in [0.1, 0.15) is 17.2 Å². The molecule has 1 rings (SSSR count). The Kier molecular flexibility index (Phi) is 3.95. The second-order valence-corrected chi connectivity index (χ2v) is 3.66. The van der Waals surface area contributed by atoms with Crippen LogP contribution in [0.4, 0.5) is 8.78 Å². The molecule has 0 radical (unpaired) electrons. The maximum absolute atomic E-state index is 13.5. The van der Waals surface area contributed by atoms with E-state index in [1.807, 2.05) is 0 Å². The van der Waals surface area contributed by atoms with Gasteiger partial charge in [-0.2, -0.15) is 0 Å². The number of carbonyl (C=O) groups excluding carboxylic acids is 1. The molecule has 1 aromatic carbocycles. The number of hydrogen-bond acceptors (Lipinski definition) is 2. The van der Waals surface area contributed by atoms with Gasteiger partial charge < -0.3 is 11.1 Å². The zero-order valence-corrected chi connectivity index (χ0v) is 9.18. The third-order valence-electron chi connectivity index (χ3n) is 2.24. The number of amides is 1. The van der Waals surface area contributed by atoms with Crippen LogP contribution >= 0.6 is 0 Å². The lowest BCUT2D eigenvalue weighted by Gasteiger charge is -2.12. The number of aryl methyl sites for hydroxylation is 1. The number of carbonyl (C=O) groups is 1. The summed E-state index contributed by atoms with van der Waals surface area (Å²) >= 11 is 0. The zero-order valence-electron chi connectivity index (χ0n) is 9.18. The van der Waals surface area contributed by atoms with Crippen molar-refractivity contribution in [2.75, 3.05) is 6.54 Å². The van der Waals surface area contributed by atoms with Crippen LogP contribution in [0.3, 0.4) is 0 Å². The summed E-state index contributed by atoms with van der Waals surface area (Å²) in [5.74, 6) is -2.48. The second-order valence-electron chi connectivity index (χ2n) is 3.66. The molecule has 0 saturated heterocycles. The van der Waals surface area contributed by atoms with E-state index in [9.17, 15) is 13.6 Å². The Morgan fingerprint density at radius 2 is 2.12 bits per heavy atom. The van der Waals surface area contributed by atoms with Crippen LogP contribution in [0.25, 0.3) is 0 Å². The highest BCUT2D eigenvalue weighted by atomic mass is 19.1. The number of rotatable bonds is 3. The van der Waals surface area contributed by atoms with Crippen molar-refractivity contribution in [2.45, 2.75) is 19.9 Å². The fraction of sp³-hybridized carbons (Fsp3) is 0.364. The molecule has 0 saturated carbocycles. The Morgan fingerprint density at radius 1 is 1.50 bits per heavy atom. The topological polar surface area (TPSA) is 55.1 Å². The normalized spacial score (nSPS) is 12.3. The Hall–Kier alpha value is -1.49. The molecule has 88 valence electrons. The fourth-order valence-electron chi connectivity index (χ4n) is 1.22. The first-order valence-electron chi connectivity index (χ1n) is 4.93. The highest BCUT2D eigenvalue weighted by molar-refractivity contribution is 5.95. The van der Waals surface area contributed by atoms with Crippen LogP contribution in [0, 0.1) is 18.6 Å². The van der Waals surface area contributed by atoms with Crippen LogP contribution in [-0.2, 0) is 0 Å². The Balaban J connectivity index is 3.03. The molecule has 3 nitrogen and oxygen atoms in total. The molecule has 1 aromatic rings. The molecule has 0 spiro atoms. The number of nitrogens with two attached hydrogens (primary N) is 1. The summed E-state index contributed by atoms with van der Waals surface area (Å²) in [4.78, 5) is 11.6. The molecule has 0 aliphatic rings. The third kappa shape index (κ3) is 2.55. The quantitative estimate of drug-likeness (QED) is 0.820. The van der Waals surface area contributed by atoms with E-state index < -0.39 is 23.1 Å². The van der Waals surface area contributed by atoms with Gasteiger partial charge in [0.2, 0.25) is 0 Å². The molecular formula is C11H14F2N2O. The highest BCUT2D eigenvalue weighted by Crippen LogP contribution is 2.16. The van der Waals surface area contributed by atoms with Crippen molar-refractivity contribution in [3.63, 3.8) is 0 Å². The Labute approximate surface area is 92.6 Å². The van der Waals surface area contributed by atoms with Gasteiger partial charge >= 0.3 is 0 Å². The Bertz CT molecular complexity index is 407. The molecule has 1 unspecified atom stereocenters. The molecule has 1 atom stereocenters. The molecule has 1 amide bonds. The minimum absolute atomic E-state index is 0.209. The smallest absolute Gasteiger partial charge is 0.257 e. The third-order valence-corrected chi connectivity index (χ3v) is 2.24. The average molecular weight is 228 g/mol. The molecule has 0 fully saturated rings. The first kappa shape index (κ1) is 12.6. The van der Waals surface area contributed by atoms with Gasteiger partial charge in [-0.1, -0.05) is 6.07 Å². The number of hydrogen-bond donors (Lipinski definition) is 2. The van der Waals surface area contributed by atoms with E-state index in [0.29, 0.717) is 0 Å². The van der Waals surface area contributed by atoms with E-state index in [-0.39, 0.29) is 18.2 Å². The molecule has 0 aliphatic carbocycles. The van der Waals surface area contributed by atoms with Crippen molar-refractivity contribution in [3.8, 4) is 0 Å². The van der Waals surface area contributed by atoms with Gasteiger partial charge in [0.15, 0.2) is 0 Å². The van der Waals surface area contributed by atoms with Crippen LogP contribution in [-0.4, -0.2) is 18.5 Å². The van der Waals surface area contributed by atoms with Crippen molar-refractivity contribution in [1.82, 2.24) is 5.32 Å². The molecule has 3 N–H and O–H groups in total. The van der Waals surface area contributed by atoms with Gasteiger partial charge in [0, 0.05) is 12.6 Å². The second kappa shape index (κ2) is 5.03. The van der Waals surface area contributed by atoms with Crippen LogP contribution < -0.4 is 11.1 Å². The van der Waals surface area contributed by atoms with Crippen molar-refractivity contribution < 1.29 is 13.6 Å². The maximum atomic E-state index is 13.5. The lowest BCUT2D eigenvalue weighted by Crippen LogP contribution is -2.38. The van der Waals surface area contributed by atoms with Crippen LogP contribution in [0.1, 0.15) is 22.8 Å². The van der Waals surface area contributed by atoms with E-state index in [1.165, 1.54) is 13.0 Å². The monoisotopic (exact) mass is 228 g/mol. The van der Waals surface area contributed by atoms with Crippen molar-refractivity contribution in [3.05, 3.63) is 34.9 Å². The predicted molar refractivity (Wildman–Crippen MR) is 57.1 cm³/mol. The number of nitrogens with one attached hydrogen (secondary N) is 1. The summed E-state index contributed by atoms with van der Waals surface area (Å²) in [6, 6.07) is 2.03. The fourth-order valence-corrected chi connectivity index (χ4v) is 1.22. The number of benzene rings is 1. The van der Waals surface area contributed by atoms with Crippen LogP contribution in [0.2, 0.25) is 0 Å². The summed E-state index contributed by atoms with van der Waals surface area (Å²) in [7, 11) is 0. The predicted octanol–water partition coefficient (Wildman–Crippen LogP) is 1.35. The van der Waals surface area contributed by atoms with Gasteiger partial charge in [0.05, 0.1) is 0 Å². The standard InChI is InChI=1S/C11H14F2N2O/c1-6-3-4-8(12)9(10(6)13)11(16)15-7(2)5-14/h3-4,7H,5,14H2,1-2H3,(H,15,16).